The molecule has 2 aromatic rings. The minimum atomic E-state index is 0.537. The van der Waals surface area contributed by atoms with Gasteiger partial charge in [-0.2, -0.15) is 0 Å². The quantitative estimate of drug-likeness (QED) is 0.814. The van der Waals surface area contributed by atoms with Gasteiger partial charge >= 0.3 is 0 Å². The molecule has 2 rings (SSSR count). The van der Waals surface area contributed by atoms with Crippen LogP contribution in [-0.2, 0) is 6.54 Å². The molecule has 5 nitrogen and oxygen atoms in total. The van der Waals surface area contributed by atoms with Crippen molar-refractivity contribution in [3.63, 3.8) is 0 Å². The third kappa shape index (κ3) is 3.20. The van der Waals surface area contributed by atoms with Gasteiger partial charge in [0.1, 0.15) is 0 Å². The highest BCUT2D eigenvalue weighted by Crippen LogP contribution is 2.10. The van der Waals surface area contributed by atoms with Gasteiger partial charge in [-0.15, -0.1) is 0 Å². The number of aromatic nitrogens is 4. The van der Waals surface area contributed by atoms with Crippen molar-refractivity contribution in [1.82, 2.24) is 20.2 Å². The molecule has 0 saturated heterocycles. The van der Waals surface area contributed by atoms with Crippen molar-refractivity contribution in [2.75, 3.05) is 0 Å². The van der Waals surface area contributed by atoms with Crippen LogP contribution in [-0.4, -0.2) is 26.4 Å². The summed E-state index contributed by atoms with van der Waals surface area (Å²) in [7, 11) is 0. The lowest BCUT2D eigenvalue weighted by molar-refractivity contribution is 0.582. The molecule has 0 bridgehead atoms. The minimum Gasteiger partial charge on any atom is -0.218 e. The Morgan fingerprint density at radius 3 is 2.82 bits per heavy atom. The first-order chi connectivity index (χ1) is 8.29. The molecule has 0 radical (unpaired) electrons. The van der Waals surface area contributed by atoms with Gasteiger partial charge in [0, 0.05) is 17.2 Å². The van der Waals surface area contributed by atoms with Crippen LogP contribution in [0.15, 0.2) is 33.7 Å². The van der Waals surface area contributed by atoms with Crippen LogP contribution < -0.4 is 0 Å². The number of hydrogen-bond acceptors (Lipinski definition) is 4. The summed E-state index contributed by atoms with van der Waals surface area (Å²) < 4.78 is 2.74. The van der Waals surface area contributed by atoms with E-state index in [1.54, 1.807) is 10.9 Å². The van der Waals surface area contributed by atoms with Gasteiger partial charge in [-0.1, -0.05) is 40.1 Å². The summed E-state index contributed by atoms with van der Waals surface area (Å²) in [5.74, 6) is 0.537. The van der Waals surface area contributed by atoms with Crippen molar-refractivity contribution in [3.8, 4) is 0 Å². The van der Waals surface area contributed by atoms with Crippen LogP contribution in [0.2, 0.25) is 0 Å². The Balaban J connectivity index is 2.14. The summed E-state index contributed by atoms with van der Waals surface area (Å²) >= 11 is 3.39. The van der Waals surface area contributed by atoms with Crippen molar-refractivity contribution in [3.05, 3.63) is 34.3 Å². The summed E-state index contributed by atoms with van der Waals surface area (Å²) in [6.45, 7) is 2.85. The average molecular weight is 294 g/mol. The lowest BCUT2D eigenvalue weighted by Crippen LogP contribution is -1.98. The number of aryl methyl sites for hydroxylation is 1. The van der Waals surface area contributed by atoms with Gasteiger partial charge in [0.25, 0.3) is 5.95 Å². The van der Waals surface area contributed by atoms with E-state index in [0.717, 1.165) is 23.0 Å². The molecule has 0 saturated carbocycles. The fourth-order valence-electron chi connectivity index (χ4n) is 1.33. The van der Waals surface area contributed by atoms with Gasteiger partial charge in [-0.3, -0.25) is 0 Å². The smallest absolute Gasteiger partial charge is 0.218 e. The number of aliphatic imine (C=N–C) groups is 1. The lowest BCUT2D eigenvalue weighted by atomic mass is 10.2. The number of halogens is 1. The first-order valence-corrected chi connectivity index (χ1v) is 6.14. The van der Waals surface area contributed by atoms with E-state index >= 15 is 0 Å². The highest BCUT2D eigenvalue weighted by atomic mass is 79.9. The van der Waals surface area contributed by atoms with E-state index in [0.29, 0.717) is 5.95 Å². The molecule has 0 aliphatic heterocycles. The molecule has 0 aliphatic carbocycles. The van der Waals surface area contributed by atoms with Crippen LogP contribution in [0.1, 0.15) is 18.9 Å². The van der Waals surface area contributed by atoms with Gasteiger partial charge in [0.05, 0.1) is 0 Å². The largest absolute Gasteiger partial charge is 0.269 e. The maximum absolute atomic E-state index is 4.27. The van der Waals surface area contributed by atoms with Crippen LogP contribution in [0.5, 0.6) is 0 Å². The van der Waals surface area contributed by atoms with Crippen LogP contribution in [0.3, 0.4) is 0 Å². The second-order valence-electron chi connectivity index (χ2n) is 3.51. The molecule has 0 N–H and O–H groups in total. The van der Waals surface area contributed by atoms with Crippen molar-refractivity contribution in [1.29, 1.82) is 0 Å². The zero-order valence-electron chi connectivity index (χ0n) is 9.41. The predicted molar refractivity (Wildman–Crippen MR) is 69.5 cm³/mol. The van der Waals surface area contributed by atoms with E-state index in [-0.39, 0.29) is 0 Å². The molecule has 0 unspecified atom stereocenters. The van der Waals surface area contributed by atoms with E-state index < -0.39 is 0 Å². The lowest BCUT2D eigenvalue weighted by Gasteiger charge is -1.97. The third-order valence-electron chi connectivity index (χ3n) is 2.15. The van der Waals surface area contributed by atoms with E-state index in [1.807, 2.05) is 24.3 Å². The number of benzene rings is 1. The predicted octanol–water partition coefficient (Wildman–Crippen LogP) is 2.60. The third-order valence-corrected chi connectivity index (χ3v) is 2.68. The van der Waals surface area contributed by atoms with Crippen molar-refractivity contribution in [2.24, 2.45) is 4.99 Å². The summed E-state index contributed by atoms with van der Waals surface area (Å²) in [4.78, 5) is 4.27. The highest BCUT2D eigenvalue weighted by Gasteiger charge is 2.01. The molecule has 6 heteroatoms. The van der Waals surface area contributed by atoms with Gasteiger partial charge in [-0.05, 0) is 34.5 Å². The standard InChI is InChI=1S/C11H12BrN5/c1-2-7-17-11(14-15-16-17)13-8-9-3-5-10(12)6-4-9/h3-6,8H,2,7H2,1H3/b13-8+. The van der Waals surface area contributed by atoms with Gasteiger partial charge in [0.15, 0.2) is 0 Å². The molecule has 88 valence electrons. The Bertz CT molecular complexity index is 503. The maximum atomic E-state index is 4.27. The number of tetrazole rings is 1. The number of hydrogen-bond donors (Lipinski definition) is 0. The molecule has 1 aromatic heterocycles. The molecule has 1 heterocycles. The second kappa shape index (κ2) is 5.67. The summed E-state index contributed by atoms with van der Waals surface area (Å²) in [6.07, 6.45) is 2.73. The van der Waals surface area contributed by atoms with Crippen molar-refractivity contribution < 1.29 is 0 Å². The summed E-state index contributed by atoms with van der Waals surface area (Å²) in [6, 6.07) is 7.88. The Labute approximate surface area is 108 Å². The molecular formula is C11H12BrN5. The van der Waals surface area contributed by atoms with Crippen LogP contribution >= 0.6 is 15.9 Å². The van der Waals surface area contributed by atoms with Crippen LogP contribution in [0, 0.1) is 0 Å². The van der Waals surface area contributed by atoms with E-state index in [9.17, 15) is 0 Å². The Hall–Kier alpha value is -1.56. The topological polar surface area (TPSA) is 56.0 Å². The minimum absolute atomic E-state index is 0.537. The Morgan fingerprint density at radius 2 is 2.12 bits per heavy atom. The molecule has 0 amide bonds. The molecule has 0 fully saturated rings. The fraction of sp³-hybridized carbons (Fsp3) is 0.273. The number of rotatable bonds is 4. The number of nitrogens with zero attached hydrogens (tertiary/aromatic N) is 5. The van der Waals surface area contributed by atoms with Crippen LogP contribution in [0.25, 0.3) is 0 Å². The van der Waals surface area contributed by atoms with E-state index in [4.69, 9.17) is 0 Å². The maximum Gasteiger partial charge on any atom is 0.269 e. The summed E-state index contributed by atoms with van der Waals surface area (Å²) in [5.41, 5.74) is 1.01. The second-order valence-corrected chi connectivity index (χ2v) is 4.43. The first kappa shape index (κ1) is 11.9. The normalized spacial score (nSPS) is 11.2. The van der Waals surface area contributed by atoms with Gasteiger partial charge in [-0.25, -0.2) is 9.67 Å². The molecule has 0 spiro atoms. The van der Waals surface area contributed by atoms with E-state index in [1.165, 1.54) is 0 Å². The molecule has 1 aromatic carbocycles. The highest BCUT2D eigenvalue weighted by molar-refractivity contribution is 9.10. The summed E-state index contributed by atoms with van der Waals surface area (Å²) in [5, 5.41) is 11.3. The first-order valence-electron chi connectivity index (χ1n) is 5.35. The van der Waals surface area contributed by atoms with Gasteiger partial charge < -0.3 is 0 Å². The zero-order chi connectivity index (χ0) is 12.1. The van der Waals surface area contributed by atoms with Crippen molar-refractivity contribution in [2.45, 2.75) is 19.9 Å². The molecule has 0 atom stereocenters. The Kier molecular flexibility index (Phi) is 3.98. The molecule has 17 heavy (non-hydrogen) atoms. The SMILES string of the molecule is CCCn1nnnc1/N=C/c1ccc(Br)cc1. The van der Waals surface area contributed by atoms with Gasteiger partial charge in [0.2, 0.25) is 0 Å². The Morgan fingerprint density at radius 1 is 1.35 bits per heavy atom. The monoisotopic (exact) mass is 293 g/mol. The molecule has 0 aliphatic rings. The van der Waals surface area contributed by atoms with Crippen LogP contribution in [0.4, 0.5) is 5.95 Å². The zero-order valence-corrected chi connectivity index (χ0v) is 11.0. The average Bonchev–Trinajstić information content (AvgIpc) is 2.77. The van der Waals surface area contributed by atoms with E-state index in [2.05, 4.69) is 43.4 Å². The van der Waals surface area contributed by atoms with Crippen molar-refractivity contribution >= 4 is 28.1 Å². The fourth-order valence-corrected chi connectivity index (χ4v) is 1.59. The molecular weight excluding hydrogens is 282 g/mol.